The largest absolute Gasteiger partial charge is 0.479 e. The Kier molecular flexibility index (Phi) is 4.09. The van der Waals surface area contributed by atoms with Crippen LogP contribution in [0.3, 0.4) is 0 Å². The summed E-state index contributed by atoms with van der Waals surface area (Å²) in [6.45, 7) is 0. The maximum Gasteiger partial charge on any atom is 0.332 e. The lowest BCUT2D eigenvalue weighted by Gasteiger charge is -2.13. The zero-order valence-corrected chi connectivity index (χ0v) is 12.5. The number of rotatable bonds is 5. The van der Waals surface area contributed by atoms with Crippen molar-refractivity contribution in [3.63, 3.8) is 0 Å². The molecule has 1 fully saturated rings. The highest BCUT2D eigenvalue weighted by Gasteiger charge is 2.28. The summed E-state index contributed by atoms with van der Waals surface area (Å²) in [7, 11) is 0. The smallest absolute Gasteiger partial charge is 0.332 e. The molecule has 2 N–H and O–H groups in total. The van der Waals surface area contributed by atoms with Crippen molar-refractivity contribution in [2.45, 2.75) is 31.3 Å². The minimum atomic E-state index is -1.50. The molecule has 2 aromatic rings. The number of aromatic nitrogens is 2. The van der Waals surface area contributed by atoms with Crippen LogP contribution in [0.2, 0.25) is 5.02 Å². The number of aliphatic carboxylic acids is 1. The molecule has 6 heteroatoms. The Hall–Kier alpha value is -1.98. The van der Waals surface area contributed by atoms with E-state index in [2.05, 4.69) is 9.97 Å². The lowest BCUT2D eigenvalue weighted by atomic mass is 10.0. The van der Waals surface area contributed by atoms with E-state index >= 15 is 0 Å². The Morgan fingerprint density at radius 1 is 1.32 bits per heavy atom. The molecule has 1 aliphatic carbocycles. The average Bonchev–Trinajstić information content (AvgIpc) is 3.32. The maximum absolute atomic E-state index is 10.9. The predicted molar refractivity (Wildman–Crippen MR) is 81.8 cm³/mol. The van der Waals surface area contributed by atoms with Gasteiger partial charge in [0.2, 0.25) is 0 Å². The number of carboxylic acids is 1. The molecule has 5 nitrogen and oxygen atoms in total. The summed E-state index contributed by atoms with van der Waals surface area (Å²) in [6.07, 6.45) is 2.20. The van der Waals surface area contributed by atoms with E-state index < -0.39 is 12.1 Å². The molecule has 0 aliphatic heterocycles. The molecule has 0 bridgehead atoms. The summed E-state index contributed by atoms with van der Waals surface area (Å²) in [4.78, 5) is 19.8. The van der Waals surface area contributed by atoms with Gasteiger partial charge in [0.05, 0.1) is 5.69 Å². The third-order valence-corrected chi connectivity index (χ3v) is 3.99. The fourth-order valence-electron chi connectivity index (χ4n) is 2.30. The number of aliphatic hydroxyl groups excluding tert-OH is 1. The summed E-state index contributed by atoms with van der Waals surface area (Å²) < 4.78 is 0. The summed E-state index contributed by atoms with van der Waals surface area (Å²) in [5.41, 5.74) is 1.91. The molecule has 0 spiro atoms. The number of carboxylic acid groups (broad SMARTS) is 1. The lowest BCUT2D eigenvalue weighted by molar-refractivity contribution is -0.146. The number of halogens is 1. The van der Waals surface area contributed by atoms with E-state index in [4.69, 9.17) is 16.7 Å². The zero-order chi connectivity index (χ0) is 15.7. The van der Waals surface area contributed by atoms with E-state index in [0.29, 0.717) is 28.0 Å². The fraction of sp³-hybridized carbons (Fsp3) is 0.312. The van der Waals surface area contributed by atoms with E-state index in [1.54, 1.807) is 12.3 Å². The maximum atomic E-state index is 10.9. The second kappa shape index (κ2) is 6.02. The Bertz CT molecular complexity index is 716. The lowest BCUT2D eigenvalue weighted by Crippen LogP contribution is -2.23. The third-order valence-electron chi connectivity index (χ3n) is 3.66. The first-order chi connectivity index (χ1) is 10.6. The molecule has 1 aromatic carbocycles. The molecule has 1 atom stereocenters. The van der Waals surface area contributed by atoms with Gasteiger partial charge in [-0.2, -0.15) is 0 Å². The van der Waals surface area contributed by atoms with Crippen molar-refractivity contribution in [3.05, 3.63) is 47.0 Å². The minimum absolute atomic E-state index is 0.0713. The van der Waals surface area contributed by atoms with Crippen LogP contribution in [-0.4, -0.2) is 32.3 Å². The van der Waals surface area contributed by atoms with Crippen molar-refractivity contribution in [1.29, 1.82) is 0 Å². The van der Waals surface area contributed by atoms with Crippen LogP contribution < -0.4 is 0 Å². The first-order valence-electron chi connectivity index (χ1n) is 7.08. The first-order valence-corrected chi connectivity index (χ1v) is 7.45. The molecule has 1 saturated carbocycles. The van der Waals surface area contributed by atoms with Gasteiger partial charge in [-0.05, 0) is 18.9 Å². The Labute approximate surface area is 132 Å². The molecule has 22 heavy (non-hydrogen) atoms. The monoisotopic (exact) mass is 318 g/mol. The molecular formula is C16H15ClN2O3. The number of aliphatic hydroxyl groups is 1. The van der Waals surface area contributed by atoms with Gasteiger partial charge in [0.15, 0.2) is 6.10 Å². The van der Waals surface area contributed by atoms with Crippen LogP contribution >= 0.6 is 11.6 Å². The Morgan fingerprint density at radius 3 is 2.68 bits per heavy atom. The first kappa shape index (κ1) is 14.9. The van der Waals surface area contributed by atoms with Crippen LogP contribution in [0.15, 0.2) is 30.5 Å². The van der Waals surface area contributed by atoms with Crippen molar-refractivity contribution in [2.75, 3.05) is 0 Å². The van der Waals surface area contributed by atoms with Gasteiger partial charge in [0, 0.05) is 34.7 Å². The second-order valence-corrected chi connectivity index (χ2v) is 5.81. The second-order valence-electron chi connectivity index (χ2n) is 5.40. The molecule has 1 aliphatic rings. The van der Waals surface area contributed by atoms with Crippen molar-refractivity contribution in [1.82, 2.24) is 9.97 Å². The van der Waals surface area contributed by atoms with Crippen LogP contribution in [0.1, 0.15) is 30.3 Å². The third kappa shape index (κ3) is 3.10. The van der Waals surface area contributed by atoms with E-state index in [0.717, 1.165) is 18.4 Å². The van der Waals surface area contributed by atoms with Crippen LogP contribution in [-0.2, 0) is 11.2 Å². The van der Waals surface area contributed by atoms with E-state index in [-0.39, 0.29) is 6.42 Å². The predicted octanol–water partition coefficient (Wildman–Crippen LogP) is 2.66. The van der Waals surface area contributed by atoms with Gasteiger partial charge in [0.1, 0.15) is 5.82 Å². The average molecular weight is 319 g/mol. The van der Waals surface area contributed by atoms with Gasteiger partial charge in [-0.25, -0.2) is 14.8 Å². The van der Waals surface area contributed by atoms with Gasteiger partial charge < -0.3 is 10.2 Å². The number of benzene rings is 1. The van der Waals surface area contributed by atoms with Gasteiger partial charge in [-0.1, -0.05) is 29.8 Å². The van der Waals surface area contributed by atoms with Gasteiger partial charge >= 0.3 is 5.97 Å². The number of hydrogen-bond acceptors (Lipinski definition) is 4. The molecule has 1 heterocycles. The standard InChI is InChI=1S/C16H15ClN2O3/c17-12-4-2-1-3-10(12)11-8-18-15(9-5-6-9)19-13(11)7-14(20)16(21)22/h1-4,8-9,14,20H,5-7H2,(H,21,22). The molecule has 0 amide bonds. The summed E-state index contributed by atoms with van der Waals surface area (Å²) in [5, 5.41) is 19.1. The highest BCUT2D eigenvalue weighted by molar-refractivity contribution is 6.33. The molecule has 0 saturated heterocycles. The summed E-state index contributed by atoms with van der Waals surface area (Å²) in [6, 6.07) is 7.24. The molecule has 3 rings (SSSR count). The Balaban J connectivity index is 2.04. The minimum Gasteiger partial charge on any atom is -0.479 e. The molecule has 1 unspecified atom stereocenters. The highest BCUT2D eigenvalue weighted by Crippen LogP contribution is 2.39. The van der Waals surface area contributed by atoms with E-state index in [1.165, 1.54) is 0 Å². The fourth-order valence-corrected chi connectivity index (χ4v) is 2.54. The van der Waals surface area contributed by atoms with Crippen LogP contribution in [0.5, 0.6) is 0 Å². The van der Waals surface area contributed by atoms with Crippen LogP contribution in [0, 0.1) is 0 Å². The number of nitrogens with zero attached hydrogens (tertiary/aromatic N) is 2. The Morgan fingerprint density at radius 2 is 2.05 bits per heavy atom. The van der Waals surface area contributed by atoms with E-state index in [9.17, 15) is 9.90 Å². The zero-order valence-electron chi connectivity index (χ0n) is 11.7. The number of carbonyl (C=O) groups is 1. The normalized spacial score (nSPS) is 15.5. The quantitative estimate of drug-likeness (QED) is 0.885. The SMILES string of the molecule is O=C(O)C(O)Cc1nc(C2CC2)ncc1-c1ccccc1Cl. The van der Waals surface area contributed by atoms with Gasteiger partial charge in [0.25, 0.3) is 0 Å². The van der Waals surface area contributed by atoms with Crippen molar-refractivity contribution in [2.24, 2.45) is 0 Å². The van der Waals surface area contributed by atoms with Crippen molar-refractivity contribution >= 4 is 17.6 Å². The molecule has 0 radical (unpaired) electrons. The van der Waals surface area contributed by atoms with Crippen LogP contribution in [0.25, 0.3) is 11.1 Å². The summed E-state index contributed by atoms with van der Waals surface area (Å²) >= 11 is 6.21. The topological polar surface area (TPSA) is 83.3 Å². The molecule has 1 aromatic heterocycles. The molecule has 114 valence electrons. The van der Waals surface area contributed by atoms with Crippen molar-refractivity contribution < 1.29 is 15.0 Å². The highest BCUT2D eigenvalue weighted by atomic mass is 35.5. The molecular weight excluding hydrogens is 304 g/mol. The van der Waals surface area contributed by atoms with Crippen LogP contribution in [0.4, 0.5) is 0 Å². The number of hydrogen-bond donors (Lipinski definition) is 2. The van der Waals surface area contributed by atoms with Crippen molar-refractivity contribution in [3.8, 4) is 11.1 Å². The summed E-state index contributed by atoms with van der Waals surface area (Å²) in [5.74, 6) is -0.207. The van der Waals surface area contributed by atoms with E-state index in [1.807, 2.05) is 18.2 Å². The van der Waals surface area contributed by atoms with Gasteiger partial charge in [-0.15, -0.1) is 0 Å². The van der Waals surface area contributed by atoms with Gasteiger partial charge in [-0.3, -0.25) is 0 Å².